The molecule has 1 saturated heterocycles. The minimum absolute atomic E-state index is 0.309. The first-order chi connectivity index (χ1) is 6.77. The summed E-state index contributed by atoms with van der Waals surface area (Å²) in [7, 11) is 0. The first kappa shape index (κ1) is 11.5. The number of nitrogens with one attached hydrogen (secondary N) is 1. The van der Waals surface area contributed by atoms with Gasteiger partial charge in [0.1, 0.15) is 0 Å². The molecule has 3 heteroatoms. The summed E-state index contributed by atoms with van der Waals surface area (Å²) in [6.07, 6.45) is 4.23. The minimum Gasteiger partial charge on any atom is -0.343 e. The van der Waals surface area contributed by atoms with Gasteiger partial charge in [0.2, 0.25) is 5.91 Å². The van der Waals surface area contributed by atoms with Crippen molar-refractivity contribution in [1.29, 1.82) is 0 Å². The fourth-order valence-corrected chi connectivity index (χ4v) is 2.04. The highest BCUT2D eigenvalue weighted by molar-refractivity contribution is 5.76. The fourth-order valence-electron chi connectivity index (χ4n) is 2.04. The number of carbonyl (C=O) groups excluding carboxylic acids is 1. The Morgan fingerprint density at radius 3 is 2.64 bits per heavy atom. The lowest BCUT2D eigenvalue weighted by atomic mass is 10.1. The van der Waals surface area contributed by atoms with E-state index in [1.165, 1.54) is 12.8 Å². The molecule has 82 valence electrons. The summed E-state index contributed by atoms with van der Waals surface area (Å²) in [6.45, 7) is 6.88. The summed E-state index contributed by atoms with van der Waals surface area (Å²) < 4.78 is 0. The first-order valence-corrected chi connectivity index (χ1v) is 5.79. The van der Waals surface area contributed by atoms with Crippen molar-refractivity contribution in [3.8, 4) is 0 Å². The normalized spacial score (nSPS) is 21.1. The molecule has 0 bridgehead atoms. The zero-order valence-electron chi connectivity index (χ0n) is 9.38. The summed E-state index contributed by atoms with van der Waals surface area (Å²) in [5, 5.41) is 3.42. The van der Waals surface area contributed by atoms with Crippen LogP contribution in [0.4, 0.5) is 0 Å². The summed E-state index contributed by atoms with van der Waals surface area (Å²) in [5.74, 6) is 0.309. The molecule has 3 nitrogen and oxygen atoms in total. The van der Waals surface area contributed by atoms with E-state index in [4.69, 9.17) is 0 Å². The molecular weight excluding hydrogens is 176 g/mol. The molecule has 0 saturated carbocycles. The largest absolute Gasteiger partial charge is 0.343 e. The van der Waals surface area contributed by atoms with Gasteiger partial charge in [0.05, 0.1) is 0 Å². The van der Waals surface area contributed by atoms with Crippen molar-refractivity contribution in [1.82, 2.24) is 10.2 Å². The van der Waals surface area contributed by atoms with Crippen molar-refractivity contribution < 1.29 is 4.79 Å². The standard InChI is InChI=1S/C11H22N2O/c1-3-13(4-2)11(14)8-7-10-6-5-9-12-10/h10,12H,3-9H2,1-2H3/t10-/m0/s1. The highest BCUT2D eigenvalue weighted by Crippen LogP contribution is 2.11. The van der Waals surface area contributed by atoms with Crippen LogP contribution in [0.25, 0.3) is 0 Å². The van der Waals surface area contributed by atoms with E-state index in [-0.39, 0.29) is 0 Å². The van der Waals surface area contributed by atoms with Crippen LogP contribution >= 0.6 is 0 Å². The number of rotatable bonds is 5. The van der Waals surface area contributed by atoms with E-state index in [9.17, 15) is 4.79 Å². The van der Waals surface area contributed by atoms with Crippen LogP contribution in [-0.4, -0.2) is 36.5 Å². The molecule has 0 aromatic heterocycles. The number of nitrogens with zero attached hydrogens (tertiary/aromatic N) is 1. The lowest BCUT2D eigenvalue weighted by Gasteiger charge is -2.19. The van der Waals surface area contributed by atoms with E-state index in [1.54, 1.807) is 0 Å². The predicted octanol–water partition coefficient (Wildman–Crippen LogP) is 1.39. The van der Waals surface area contributed by atoms with Gasteiger partial charge in [-0.25, -0.2) is 0 Å². The monoisotopic (exact) mass is 198 g/mol. The molecule has 1 aliphatic rings. The van der Waals surface area contributed by atoms with Gasteiger partial charge in [-0.15, -0.1) is 0 Å². The van der Waals surface area contributed by atoms with Gasteiger partial charge in [0.15, 0.2) is 0 Å². The molecule has 1 fully saturated rings. The van der Waals surface area contributed by atoms with E-state index < -0.39 is 0 Å². The predicted molar refractivity (Wildman–Crippen MR) is 58.2 cm³/mol. The Morgan fingerprint density at radius 1 is 1.43 bits per heavy atom. The number of hydrogen-bond donors (Lipinski definition) is 1. The van der Waals surface area contributed by atoms with Gasteiger partial charge >= 0.3 is 0 Å². The topological polar surface area (TPSA) is 32.3 Å². The fraction of sp³-hybridized carbons (Fsp3) is 0.909. The second kappa shape index (κ2) is 6.02. The molecule has 0 aromatic rings. The van der Waals surface area contributed by atoms with Crippen molar-refractivity contribution in [2.45, 2.75) is 45.6 Å². The number of hydrogen-bond acceptors (Lipinski definition) is 2. The molecule has 0 spiro atoms. The highest BCUT2D eigenvalue weighted by atomic mass is 16.2. The van der Waals surface area contributed by atoms with Gasteiger partial charge in [-0.1, -0.05) is 0 Å². The number of amides is 1. The third kappa shape index (κ3) is 3.29. The summed E-state index contributed by atoms with van der Waals surface area (Å²) in [4.78, 5) is 13.6. The minimum atomic E-state index is 0.309. The average molecular weight is 198 g/mol. The van der Waals surface area contributed by atoms with Crippen LogP contribution in [0.2, 0.25) is 0 Å². The van der Waals surface area contributed by atoms with Gasteiger partial charge < -0.3 is 10.2 Å². The summed E-state index contributed by atoms with van der Waals surface area (Å²) >= 11 is 0. The van der Waals surface area contributed by atoms with Crippen molar-refractivity contribution in [3.63, 3.8) is 0 Å². The Balaban J connectivity index is 2.18. The summed E-state index contributed by atoms with van der Waals surface area (Å²) in [5.41, 5.74) is 0. The quantitative estimate of drug-likeness (QED) is 0.724. The molecule has 1 rings (SSSR count). The van der Waals surface area contributed by atoms with Crippen molar-refractivity contribution in [2.75, 3.05) is 19.6 Å². The van der Waals surface area contributed by atoms with Crippen molar-refractivity contribution in [2.24, 2.45) is 0 Å². The maximum absolute atomic E-state index is 11.7. The van der Waals surface area contributed by atoms with Gasteiger partial charge in [-0.3, -0.25) is 4.79 Å². The molecule has 14 heavy (non-hydrogen) atoms. The van der Waals surface area contributed by atoms with Gasteiger partial charge in [-0.2, -0.15) is 0 Å². The zero-order valence-corrected chi connectivity index (χ0v) is 9.38. The summed E-state index contributed by atoms with van der Waals surface area (Å²) in [6, 6.07) is 0.592. The molecule has 0 unspecified atom stereocenters. The van der Waals surface area contributed by atoms with Gasteiger partial charge in [-0.05, 0) is 39.7 Å². The molecule has 0 aromatic carbocycles. The van der Waals surface area contributed by atoms with Crippen molar-refractivity contribution >= 4 is 5.91 Å². The molecule has 1 heterocycles. The van der Waals surface area contributed by atoms with E-state index in [1.807, 2.05) is 18.7 Å². The molecule has 0 aliphatic carbocycles. The Morgan fingerprint density at radius 2 is 2.14 bits per heavy atom. The Kier molecular flexibility index (Phi) is 4.94. The Labute approximate surface area is 86.9 Å². The third-order valence-electron chi connectivity index (χ3n) is 2.99. The second-order valence-electron chi connectivity index (χ2n) is 3.90. The molecule has 1 atom stereocenters. The maximum atomic E-state index is 11.7. The van der Waals surface area contributed by atoms with E-state index in [0.29, 0.717) is 18.4 Å². The van der Waals surface area contributed by atoms with Gasteiger partial charge in [0.25, 0.3) is 0 Å². The zero-order chi connectivity index (χ0) is 10.4. The van der Waals surface area contributed by atoms with Crippen LogP contribution in [0.1, 0.15) is 39.5 Å². The maximum Gasteiger partial charge on any atom is 0.222 e. The van der Waals surface area contributed by atoms with E-state index in [0.717, 1.165) is 26.1 Å². The van der Waals surface area contributed by atoms with Crippen molar-refractivity contribution in [3.05, 3.63) is 0 Å². The molecule has 1 N–H and O–H groups in total. The van der Waals surface area contributed by atoms with Crippen LogP contribution in [0.3, 0.4) is 0 Å². The highest BCUT2D eigenvalue weighted by Gasteiger charge is 2.16. The molecule has 0 radical (unpaired) electrons. The second-order valence-corrected chi connectivity index (χ2v) is 3.90. The van der Waals surface area contributed by atoms with Crippen LogP contribution < -0.4 is 5.32 Å². The lowest BCUT2D eigenvalue weighted by Crippen LogP contribution is -2.32. The Bertz CT molecular complexity index is 172. The molecular formula is C11H22N2O. The van der Waals surface area contributed by atoms with Crippen LogP contribution in [-0.2, 0) is 4.79 Å². The lowest BCUT2D eigenvalue weighted by molar-refractivity contribution is -0.131. The van der Waals surface area contributed by atoms with Crippen LogP contribution in [0.15, 0.2) is 0 Å². The first-order valence-electron chi connectivity index (χ1n) is 5.79. The average Bonchev–Trinajstić information content (AvgIpc) is 2.69. The van der Waals surface area contributed by atoms with Gasteiger partial charge in [0, 0.05) is 25.6 Å². The van der Waals surface area contributed by atoms with Crippen LogP contribution in [0.5, 0.6) is 0 Å². The third-order valence-corrected chi connectivity index (χ3v) is 2.99. The molecule has 1 aliphatic heterocycles. The molecule has 1 amide bonds. The smallest absolute Gasteiger partial charge is 0.222 e. The SMILES string of the molecule is CCN(CC)C(=O)CC[C@@H]1CCCN1. The Hall–Kier alpha value is -0.570. The van der Waals surface area contributed by atoms with Crippen LogP contribution in [0, 0.1) is 0 Å². The van der Waals surface area contributed by atoms with E-state index >= 15 is 0 Å². The van der Waals surface area contributed by atoms with E-state index in [2.05, 4.69) is 5.32 Å². The number of carbonyl (C=O) groups is 1.